The van der Waals surface area contributed by atoms with E-state index in [1.165, 1.54) is 24.8 Å². The summed E-state index contributed by atoms with van der Waals surface area (Å²) in [6.45, 7) is 8.71. The van der Waals surface area contributed by atoms with E-state index in [1.807, 2.05) is 6.07 Å². The molecule has 1 atom stereocenters. The number of unbranched alkanes of at least 4 members (excludes halogenated alkanes) is 2. The van der Waals surface area contributed by atoms with E-state index in [2.05, 4.69) is 53.8 Å². The first-order valence-corrected chi connectivity index (χ1v) is 7.38. The van der Waals surface area contributed by atoms with Crippen LogP contribution in [0.2, 0.25) is 0 Å². The first-order chi connectivity index (χ1) is 9.24. The van der Waals surface area contributed by atoms with Crippen LogP contribution >= 0.6 is 0 Å². The van der Waals surface area contributed by atoms with Crippen LogP contribution in [0.25, 0.3) is 11.0 Å². The van der Waals surface area contributed by atoms with E-state index in [-0.39, 0.29) is 0 Å². The number of imidazole rings is 1. The Morgan fingerprint density at radius 1 is 1.26 bits per heavy atom. The van der Waals surface area contributed by atoms with Crippen LogP contribution in [0.15, 0.2) is 24.3 Å². The highest BCUT2D eigenvalue weighted by Gasteiger charge is 2.12. The summed E-state index contributed by atoms with van der Waals surface area (Å²) >= 11 is 0. The largest absolute Gasteiger partial charge is 0.324 e. The predicted octanol–water partition coefficient (Wildman–Crippen LogP) is 3.69. The Bertz CT molecular complexity index is 516. The number of hydrogen-bond donors (Lipinski definition) is 1. The van der Waals surface area contributed by atoms with Crippen molar-refractivity contribution in [2.45, 2.75) is 46.1 Å². The third-order valence-electron chi connectivity index (χ3n) is 3.61. The number of nitrogens with zero attached hydrogens (tertiary/aromatic N) is 2. The van der Waals surface area contributed by atoms with Crippen molar-refractivity contribution in [1.82, 2.24) is 14.9 Å². The quantitative estimate of drug-likeness (QED) is 0.769. The lowest BCUT2D eigenvalue weighted by Gasteiger charge is -2.17. The molecule has 3 nitrogen and oxygen atoms in total. The number of nitrogens with one attached hydrogen (secondary N) is 1. The molecule has 0 spiro atoms. The summed E-state index contributed by atoms with van der Waals surface area (Å²) < 4.78 is 2.34. The number of para-hydroxylation sites is 2. The van der Waals surface area contributed by atoms with E-state index in [4.69, 9.17) is 0 Å². The summed E-state index contributed by atoms with van der Waals surface area (Å²) in [6.07, 6.45) is 3.86. The molecule has 0 aliphatic heterocycles. The van der Waals surface area contributed by atoms with Crippen LogP contribution in [0.5, 0.6) is 0 Å². The molecule has 2 rings (SSSR count). The summed E-state index contributed by atoms with van der Waals surface area (Å²) in [5, 5.41) is 3.55. The Hall–Kier alpha value is -1.35. The SMILES string of the molecule is CCCCCNCC(C)n1c(C)nc2ccccc21. The minimum Gasteiger partial charge on any atom is -0.324 e. The van der Waals surface area contributed by atoms with Crippen molar-refractivity contribution in [2.75, 3.05) is 13.1 Å². The van der Waals surface area contributed by atoms with Gasteiger partial charge in [-0.15, -0.1) is 0 Å². The Morgan fingerprint density at radius 3 is 2.84 bits per heavy atom. The van der Waals surface area contributed by atoms with Gasteiger partial charge < -0.3 is 9.88 Å². The first-order valence-electron chi connectivity index (χ1n) is 7.38. The predicted molar refractivity (Wildman–Crippen MR) is 81.6 cm³/mol. The van der Waals surface area contributed by atoms with Crippen LogP contribution in [0.3, 0.4) is 0 Å². The van der Waals surface area contributed by atoms with E-state index >= 15 is 0 Å². The third kappa shape index (κ3) is 3.35. The van der Waals surface area contributed by atoms with E-state index in [0.29, 0.717) is 6.04 Å². The molecule has 19 heavy (non-hydrogen) atoms. The number of fused-ring (bicyclic) bond motifs is 1. The summed E-state index contributed by atoms with van der Waals surface area (Å²) in [5.41, 5.74) is 2.33. The molecule has 0 radical (unpaired) electrons. The smallest absolute Gasteiger partial charge is 0.107 e. The molecular formula is C16H25N3. The van der Waals surface area contributed by atoms with Gasteiger partial charge in [0.25, 0.3) is 0 Å². The lowest BCUT2D eigenvalue weighted by molar-refractivity contribution is 0.487. The van der Waals surface area contributed by atoms with E-state index < -0.39 is 0 Å². The Balaban J connectivity index is 2.00. The monoisotopic (exact) mass is 259 g/mol. The standard InChI is InChI=1S/C16H25N3/c1-4-5-8-11-17-12-13(2)19-14(3)18-15-9-6-7-10-16(15)19/h6-7,9-10,13,17H,4-5,8,11-12H2,1-3H3. The lowest BCUT2D eigenvalue weighted by Crippen LogP contribution is -2.25. The maximum Gasteiger partial charge on any atom is 0.107 e. The van der Waals surface area contributed by atoms with Gasteiger partial charge in [-0.05, 0) is 38.9 Å². The highest BCUT2D eigenvalue weighted by molar-refractivity contribution is 5.76. The van der Waals surface area contributed by atoms with Crippen molar-refractivity contribution >= 4 is 11.0 Å². The molecule has 1 unspecified atom stereocenters. The second-order valence-corrected chi connectivity index (χ2v) is 5.28. The number of rotatable bonds is 7. The van der Waals surface area contributed by atoms with Gasteiger partial charge in [-0.3, -0.25) is 0 Å². The van der Waals surface area contributed by atoms with Crippen LogP contribution in [0.4, 0.5) is 0 Å². The van der Waals surface area contributed by atoms with Gasteiger partial charge in [0, 0.05) is 12.6 Å². The highest BCUT2D eigenvalue weighted by Crippen LogP contribution is 2.20. The number of hydrogen-bond acceptors (Lipinski definition) is 2. The molecule has 0 aliphatic carbocycles. The number of aromatic nitrogens is 2. The molecule has 0 fully saturated rings. The fourth-order valence-electron chi connectivity index (χ4n) is 2.62. The minimum atomic E-state index is 0.439. The molecular weight excluding hydrogens is 234 g/mol. The van der Waals surface area contributed by atoms with Crippen molar-refractivity contribution in [3.63, 3.8) is 0 Å². The molecule has 1 N–H and O–H groups in total. The third-order valence-corrected chi connectivity index (χ3v) is 3.61. The molecule has 0 saturated heterocycles. The second kappa shape index (κ2) is 6.71. The molecule has 104 valence electrons. The topological polar surface area (TPSA) is 29.9 Å². The van der Waals surface area contributed by atoms with Crippen LogP contribution in [-0.2, 0) is 0 Å². The van der Waals surface area contributed by atoms with Gasteiger partial charge in [0.2, 0.25) is 0 Å². The molecule has 0 saturated carbocycles. The summed E-state index contributed by atoms with van der Waals surface area (Å²) in [7, 11) is 0. The molecule has 0 aliphatic rings. The zero-order chi connectivity index (χ0) is 13.7. The normalized spacial score (nSPS) is 13.0. The summed E-state index contributed by atoms with van der Waals surface area (Å²) in [5.74, 6) is 1.10. The highest BCUT2D eigenvalue weighted by atomic mass is 15.1. The van der Waals surface area contributed by atoms with E-state index in [0.717, 1.165) is 24.4 Å². The number of benzene rings is 1. The zero-order valence-electron chi connectivity index (χ0n) is 12.3. The summed E-state index contributed by atoms with van der Waals surface area (Å²) in [4.78, 5) is 4.63. The van der Waals surface area contributed by atoms with Gasteiger partial charge in [0.15, 0.2) is 0 Å². The Morgan fingerprint density at radius 2 is 2.05 bits per heavy atom. The van der Waals surface area contributed by atoms with Crippen molar-refractivity contribution in [2.24, 2.45) is 0 Å². The average molecular weight is 259 g/mol. The van der Waals surface area contributed by atoms with Crippen molar-refractivity contribution in [3.8, 4) is 0 Å². The second-order valence-electron chi connectivity index (χ2n) is 5.28. The molecule has 0 amide bonds. The van der Waals surface area contributed by atoms with Gasteiger partial charge in [0.1, 0.15) is 5.82 Å². The van der Waals surface area contributed by atoms with Crippen LogP contribution in [0.1, 0.15) is 45.0 Å². The average Bonchev–Trinajstić information content (AvgIpc) is 2.74. The van der Waals surface area contributed by atoms with Gasteiger partial charge >= 0.3 is 0 Å². The molecule has 1 heterocycles. The van der Waals surface area contributed by atoms with Crippen molar-refractivity contribution in [3.05, 3.63) is 30.1 Å². The van der Waals surface area contributed by atoms with Crippen LogP contribution in [0, 0.1) is 6.92 Å². The molecule has 2 aromatic rings. The fraction of sp³-hybridized carbons (Fsp3) is 0.562. The van der Waals surface area contributed by atoms with E-state index in [1.54, 1.807) is 0 Å². The van der Waals surface area contributed by atoms with Crippen molar-refractivity contribution < 1.29 is 0 Å². The molecule has 1 aromatic carbocycles. The van der Waals surface area contributed by atoms with Gasteiger partial charge in [0.05, 0.1) is 11.0 Å². The Labute approximate surface area is 116 Å². The van der Waals surface area contributed by atoms with Crippen molar-refractivity contribution in [1.29, 1.82) is 0 Å². The van der Waals surface area contributed by atoms with Gasteiger partial charge in [-0.2, -0.15) is 0 Å². The molecule has 0 bridgehead atoms. The Kier molecular flexibility index (Phi) is 4.97. The summed E-state index contributed by atoms with van der Waals surface area (Å²) in [6, 6.07) is 8.81. The van der Waals surface area contributed by atoms with E-state index in [9.17, 15) is 0 Å². The minimum absolute atomic E-state index is 0.439. The lowest BCUT2D eigenvalue weighted by atomic mass is 10.2. The van der Waals surface area contributed by atoms with Crippen LogP contribution < -0.4 is 5.32 Å². The molecule has 3 heteroatoms. The number of aryl methyl sites for hydroxylation is 1. The first kappa shape index (κ1) is 14.1. The fourth-order valence-corrected chi connectivity index (χ4v) is 2.62. The molecule has 1 aromatic heterocycles. The maximum atomic E-state index is 4.63. The van der Waals surface area contributed by atoms with Gasteiger partial charge in [-0.25, -0.2) is 4.98 Å². The van der Waals surface area contributed by atoms with Gasteiger partial charge in [-0.1, -0.05) is 31.9 Å². The zero-order valence-corrected chi connectivity index (χ0v) is 12.3. The maximum absolute atomic E-state index is 4.63. The van der Waals surface area contributed by atoms with Crippen LogP contribution in [-0.4, -0.2) is 22.6 Å².